The molecule has 3 heteroatoms. The molecule has 0 saturated heterocycles. The predicted molar refractivity (Wildman–Crippen MR) is 116 cm³/mol. The number of hydrogen-bond acceptors (Lipinski definition) is 3. The Morgan fingerprint density at radius 2 is 1.81 bits per heavy atom. The zero-order chi connectivity index (χ0) is 18.6. The van der Waals surface area contributed by atoms with Crippen LogP contribution in [0.15, 0.2) is 61.2 Å². The maximum absolute atomic E-state index is 5.88. The highest BCUT2D eigenvalue weighted by Gasteiger charge is 2.26. The highest BCUT2D eigenvalue weighted by atomic mass is 32.2. The zero-order valence-electron chi connectivity index (χ0n) is 15.8. The molecule has 0 amide bonds. The first-order chi connectivity index (χ1) is 12.6. The van der Waals surface area contributed by atoms with Crippen molar-refractivity contribution >= 4 is 23.0 Å². The van der Waals surface area contributed by atoms with E-state index in [-0.39, 0.29) is 5.54 Å². The van der Waals surface area contributed by atoms with Gasteiger partial charge in [0.2, 0.25) is 0 Å². The second-order valence-corrected chi connectivity index (χ2v) is 8.01. The minimum absolute atomic E-state index is 0.0896. The Hall–Kier alpha value is -2.13. The molecule has 1 aliphatic rings. The third-order valence-electron chi connectivity index (χ3n) is 4.36. The summed E-state index contributed by atoms with van der Waals surface area (Å²) in [5.41, 5.74) is 6.10. The molecule has 0 bridgehead atoms. The molecule has 0 unspecified atom stereocenters. The molecule has 0 saturated carbocycles. The number of benzene rings is 2. The molecule has 3 rings (SSSR count). The minimum atomic E-state index is -0.0896. The fourth-order valence-corrected chi connectivity index (χ4v) is 4.14. The van der Waals surface area contributed by atoms with Crippen molar-refractivity contribution in [2.45, 2.75) is 26.3 Å². The maximum atomic E-state index is 5.88. The van der Waals surface area contributed by atoms with Crippen LogP contribution >= 0.6 is 11.8 Å². The van der Waals surface area contributed by atoms with E-state index in [4.69, 9.17) is 4.74 Å². The van der Waals surface area contributed by atoms with Crippen molar-refractivity contribution in [3.05, 3.63) is 66.8 Å². The van der Waals surface area contributed by atoms with Gasteiger partial charge in [-0.05, 0) is 32.4 Å². The normalized spacial score (nSPS) is 14.8. The van der Waals surface area contributed by atoms with Gasteiger partial charge in [0, 0.05) is 28.2 Å². The van der Waals surface area contributed by atoms with Gasteiger partial charge >= 0.3 is 0 Å². The van der Waals surface area contributed by atoms with Gasteiger partial charge in [0.05, 0.1) is 17.8 Å². The number of fused-ring (bicyclic) bond motifs is 1. The summed E-state index contributed by atoms with van der Waals surface area (Å²) in [5.74, 6) is 2.88. The van der Waals surface area contributed by atoms with Crippen LogP contribution in [0.1, 0.15) is 26.3 Å². The quantitative estimate of drug-likeness (QED) is 0.462. The SMILES string of the molecule is C=CCSCC1=CC(C)(C)Nc2c1cccc2-c1ccccc1OCC. The lowest BCUT2D eigenvalue weighted by molar-refractivity contribution is 0.341. The van der Waals surface area contributed by atoms with Crippen molar-refractivity contribution < 1.29 is 4.74 Å². The molecule has 1 heterocycles. The molecular formula is C23H27NOS. The maximum Gasteiger partial charge on any atom is 0.127 e. The van der Waals surface area contributed by atoms with Crippen molar-refractivity contribution in [3.8, 4) is 16.9 Å². The van der Waals surface area contributed by atoms with Gasteiger partial charge in [-0.3, -0.25) is 0 Å². The lowest BCUT2D eigenvalue weighted by Crippen LogP contribution is -2.32. The highest BCUT2D eigenvalue weighted by molar-refractivity contribution is 7.99. The summed E-state index contributed by atoms with van der Waals surface area (Å²) in [6.45, 7) is 11.0. The Labute approximate surface area is 161 Å². The van der Waals surface area contributed by atoms with E-state index in [1.807, 2.05) is 36.9 Å². The van der Waals surface area contributed by atoms with Crippen LogP contribution in [0.3, 0.4) is 0 Å². The first kappa shape index (κ1) is 18.7. The van der Waals surface area contributed by atoms with E-state index in [9.17, 15) is 0 Å². The summed E-state index contributed by atoms with van der Waals surface area (Å²) in [5, 5.41) is 3.73. The number of anilines is 1. The average molecular weight is 366 g/mol. The first-order valence-electron chi connectivity index (χ1n) is 9.10. The number of hydrogen-bond donors (Lipinski definition) is 1. The molecule has 1 N–H and O–H groups in total. The molecule has 1 aliphatic heterocycles. The number of para-hydroxylation sites is 2. The minimum Gasteiger partial charge on any atom is -0.493 e. The Balaban J connectivity index is 2.09. The van der Waals surface area contributed by atoms with Gasteiger partial charge in [-0.2, -0.15) is 11.8 Å². The van der Waals surface area contributed by atoms with Crippen molar-refractivity contribution in [1.82, 2.24) is 0 Å². The summed E-state index contributed by atoms with van der Waals surface area (Å²) in [6.07, 6.45) is 4.32. The van der Waals surface area contributed by atoms with E-state index >= 15 is 0 Å². The fraction of sp³-hybridized carbons (Fsp3) is 0.304. The molecular weight excluding hydrogens is 338 g/mol. The van der Waals surface area contributed by atoms with Crippen molar-refractivity contribution in [2.24, 2.45) is 0 Å². The molecule has 0 fully saturated rings. The second kappa shape index (κ2) is 8.05. The smallest absolute Gasteiger partial charge is 0.127 e. The Bertz CT molecular complexity index is 823. The Kier molecular flexibility index (Phi) is 5.77. The Morgan fingerprint density at radius 1 is 1.08 bits per heavy atom. The van der Waals surface area contributed by atoms with Gasteiger partial charge in [-0.1, -0.05) is 48.6 Å². The lowest BCUT2D eigenvalue weighted by Gasteiger charge is -2.34. The largest absolute Gasteiger partial charge is 0.493 e. The molecule has 0 aromatic heterocycles. The van der Waals surface area contributed by atoms with Gasteiger partial charge in [0.25, 0.3) is 0 Å². The van der Waals surface area contributed by atoms with Crippen molar-refractivity contribution in [3.63, 3.8) is 0 Å². The molecule has 136 valence electrons. The number of rotatable bonds is 7. The molecule has 0 aliphatic carbocycles. The second-order valence-electron chi connectivity index (χ2n) is 6.98. The first-order valence-corrected chi connectivity index (χ1v) is 10.3. The standard InChI is InChI=1S/C23H27NOS/c1-5-14-26-16-17-15-23(3,4)24-22-18(17)11-9-12-20(22)19-10-7-8-13-21(19)25-6-2/h5,7-13,15,24H,1,6,14,16H2,2-4H3. The van der Waals surface area contributed by atoms with E-state index in [1.165, 1.54) is 22.4 Å². The van der Waals surface area contributed by atoms with E-state index in [0.717, 1.165) is 22.8 Å². The van der Waals surface area contributed by atoms with Gasteiger partial charge in [0.1, 0.15) is 5.75 Å². The van der Waals surface area contributed by atoms with Crippen LogP contribution in [0.2, 0.25) is 0 Å². The van der Waals surface area contributed by atoms with Crippen molar-refractivity contribution in [2.75, 3.05) is 23.4 Å². The van der Waals surface area contributed by atoms with E-state index in [2.05, 4.69) is 62.2 Å². The molecule has 0 atom stereocenters. The highest BCUT2D eigenvalue weighted by Crippen LogP contribution is 2.43. The van der Waals surface area contributed by atoms with Crippen LogP contribution in [0.4, 0.5) is 5.69 Å². The van der Waals surface area contributed by atoms with Gasteiger partial charge in [-0.25, -0.2) is 0 Å². The summed E-state index contributed by atoms with van der Waals surface area (Å²) < 4.78 is 5.88. The number of nitrogens with one attached hydrogen (secondary N) is 1. The van der Waals surface area contributed by atoms with Crippen LogP contribution in [0.5, 0.6) is 5.75 Å². The third kappa shape index (κ3) is 3.99. The molecule has 0 radical (unpaired) electrons. The molecule has 26 heavy (non-hydrogen) atoms. The molecule has 2 nitrogen and oxygen atoms in total. The molecule has 2 aromatic rings. The van der Waals surface area contributed by atoms with E-state index in [0.29, 0.717) is 6.61 Å². The van der Waals surface area contributed by atoms with E-state index in [1.54, 1.807) is 0 Å². The van der Waals surface area contributed by atoms with Crippen LogP contribution < -0.4 is 10.1 Å². The fourth-order valence-electron chi connectivity index (χ4n) is 3.39. The third-order valence-corrected chi connectivity index (χ3v) is 5.35. The van der Waals surface area contributed by atoms with Crippen molar-refractivity contribution in [1.29, 1.82) is 0 Å². The summed E-state index contributed by atoms with van der Waals surface area (Å²) in [4.78, 5) is 0. The average Bonchev–Trinajstić information content (AvgIpc) is 2.61. The van der Waals surface area contributed by atoms with Crippen LogP contribution in [0, 0.1) is 0 Å². The van der Waals surface area contributed by atoms with Gasteiger partial charge < -0.3 is 10.1 Å². The van der Waals surface area contributed by atoms with Crippen LogP contribution in [-0.2, 0) is 0 Å². The zero-order valence-corrected chi connectivity index (χ0v) is 16.7. The number of thioether (sulfide) groups is 1. The summed E-state index contributed by atoms with van der Waals surface area (Å²) in [6, 6.07) is 14.8. The van der Waals surface area contributed by atoms with Gasteiger partial charge in [-0.15, -0.1) is 6.58 Å². The molecule has 0 spiro atoms. The lowest BCUT2D eigenvalue weighted by atomic mass is 9.87. The van der Waals surface area contributed by atoms with E-state index < -0.39 is 0 Å². The Morgan fingerprint density at radius 3 is 2.58 bits per heavy atom. The van der Waals surface area contributed by atoms with Crippen LogP contribution in [-0.4, -0.2) is 23.7 Å². The monoisotopic (exact) mass is 365 g/mol. The number of ether oxygens (including phenoxy) is 1. The summed E-state index contributed by atoms with van der Waals surface area (Å²) in [7, 11) is 0. The molecule has 2 aromatic carbocycles. The summed E-state index contributed by atoms with van der Waals surface area (Å²) >= 11 is 1.90. The van der Waals surface area contributed by atoms with Crippen LogP contribution in [0.25, 0.3) is 16.7 Å². The predicted octanol–water partition coefficient (Wildman–Crippen LogP) is 6.26. The van der Waals surface area contributed by atoms with Gasteiger partial charge in [0.15, 0.2) is 0 Å². The topological polar surface area (TPSA) is 21.3 Å².